The SMILES string of the molecule is CCCCC(=O)c1ccc(O)cc1Cl. The number of Topliss-reactive ketones (excluding diaryl/α,β-unsaturated/α-hetero) is 1. The maximum absolute atomic E-state index is 11.6. The predicted octanol–water partition coefficient (Wildman–Crippen LogP) is 3.42. The molecule has 0 radical (unpaired) electrons. The van der Waals surface area contributed by atoms with E-state index in [1.165, 1.54) is 12.1 Å². The largest absolute Gasteiger partial charge is 0.508 e. The number of ketones is 1. The Morgan fingerprint density at radius 2 is 2.21 bits per heavy atom. The Balaban J connectivity index is 2.80. The van der Waals surface area contributed by atoms with E-state index in [0.29, 0.717) is 17.0 Å². The van der Waals surface area contributed by atoms with Gasteiger partial charge < -0.3 is 5.11 Å². The summed E-state index contributed by atoms with van der Waals surface area (Å²) in [5.41, 5.74) is 0.498. The molecule has 0 saturated carbocycles. The van der Waals surface area contributed by atoms with Gasteiger partial charge in [0.1, 0.15) is 5.75 Å². The molecule has 76 valence electrons. The maximum atomic E-state index is 11.6. The van der Waals surface area contributed by atoms with E-state index >= 15 is 0 Å². The summed E-state index contributed by atoms with van der Waals surface area (Å²) in [6.45, 7) is 2.03. The second-order valence-corrected chi connectivity index (χ2v) is 3.60. The van der Waals surface area contributed by atoms with Gasteiger partial charge in [-0.15, -0.1) is 0 Å². The molecule has 0 heterocycles. The van der Waals surface area contributed by atoms with Gasteiger partial charge in [-0.05, 0) is 24.6 Å². The van der Waals surface area contributed by atoms with Crippen molar-refractivity contribution in [3.05, 3.63) is 28.8 Å². The van der Waals surface area contributed by atoms with Gasteiger partial charge in [0, 0.05) is 12.0 Å². The molecule has 3 heteroatoms. The quantitative estimate of drug-likeness (QED) is 0.777. The third-order valence-corrected chi connectivity index (χ3v) is 2.32. The Hall–Kier alpha value is -1.02. The minimum atomic E-state index is 0.0388. The van der Waals surface area contributed by atoms with Crippen molar-refractivity contribution in [3.63, 3.8) is 0 Å². The van der Waals surface area contributed by atoms with E-state index in [4.69, 9.17) is 16.7 Å². The van der Waals surface area contributed by atoms with Crippen LogP contribution in [0.5, 0.6) is 5.75 Å². The van der Waals surface area contributed by atoms with Gasteiger partial charge in [0.15, 0.2) is 5.78 Å². The third kappa shape index (κ3) is 2.74. The number of carbonyl (C=O) groups excluding carboxylic acids is 1. The van der Waals surface area contributed by atoms with Crippen LogP contribution in [0.15, 0.2) is 18.2 Å². The highest BCUT2D eigenvalue weighted by atomic mass is 35.5. The molecule has 0 unspecified atom stereocenters. The number of hydrogen-bond acceptors (Lipinski definition) is 2. The van der Waals surface area contributed by atoms with Gasteiger partial charge in [0.05, 0.1) is 5.02 Å². The molecule has 0 spiro atoms. The highest BCUT2D eigenvalue weighted by Crippen LogP contribution is 2.23. The fraction of sp³-hybridized carbons (Fsp3) is 0.364. The monoisotopic (exact) mass is 212 g/mol. The van der Waals surface area contributed by atoms with E-state index < -0.39 is 0 Å². The Morgan fingerprint density at radius 1 is 1.50 bits per heavy atom. The molecule has 1 N–H and O–H groups in total. The average molecular weight is 213 g/mol. The maximum Gasteiger partial charge on any atom is 0.164 e. The van der Waals surface area contributed by atoms with Crippen molar-refractivity contribution < 1.29 is 9.90 Å². The molecule has 0 fully saturated rings. The summed E-state index contributed by atoms with van der Waals surface area (Å²) in [6.07, 6.45) is 2.37. The van der Waals surface area contributed by atoms with Gasteiger partial charge in [-0.1, -0.05) is 24.9 Å². The van der Waals surface area contributed by atoms with Crippen LogP contribution in [0.3, 0.4) is 0 Å². The van der Waals surface area contributed by atoms with Gasteiger partial charge in [-0.2, -0.15) is 0 Å². The molecule has 0 aliphatic rings. The molecular formula is C11H13ClO2. The van der Waals surface area contributed by atoms with E-state index in [-0.39, 0.29) is 11.5 Å². The van der Waals surface area contributed by atoms with Crippen molar-refractivity contribution in [2.24, 2.45) is 0 Å². The van der Waals surface area contributed by atoms with Gasteiger partial charge in [-0.25, -0.2) is 0 Å². The second-order valence-electron chi connectivity index (χ2n) is 3.19. The first-order chi connectivity index (χ1) is 6.65. The molecule has 0 amide bonds. The van der Waals surface area contributed by atoms with Crippen LogP contribution in [-0.2, 0) is 0 Å². The number of aromatic hydroxyl groups is 1. The second kappa shape index (κ2) is 5.01. The minimum Gasteiger partial charge on any atom is -0.508 e. The number of benzene rings is 1. The lowest BCUT2D eigenvalue weighted by Gasteiger charge is -2.02. The number of rotatable bonds is 4. The molecule has 0 bridgehead atoms. The van der Waals surface area contributed by atoms with Crippen LogP contribution in [-0.4, -0.2) is 10.9 Å². The normalized spacial score (nSPS) is 10.1. The first kappa shape index (κ1) is 11.1. The number of phenols is 1. The lowest BCUT2D eigenvalue weighted by Crippen LogP contribution is -1.99. The van der Waals surface area contributed by atoms with Crippen molar-refractivity contribution in [1.29, 1.82) is 0 Å². The minimum absolute atomic E-state index is 0.0388. The molecule has 0 atom stereocenters. The van der Waals surface area contributed by atoms with Gasteiger partial charge in [0.2, 0.25) is 0 Å². The van der Waals surface area contributed by atoms with Crippen molar-refractivity contribution in [2.75, 3.05) is 0 Å². The molecule has 1 aromatic rings. The molecule has 1 rings (SSSR count). The van der Waals surface area contributed by atoms with Crippen molar-refractivity contribution in [2.45, 2.75) is 26.2 Å². The summed E-state index contributed by atoms with van der Waals surface area (Å²) < 4.78 is 0. The smallest absolute Gasteiger partial charge is 0.164 e. The van der Waals surface area contributed by atoms with E-state index in [0.717, 1.165) is 12.8 Å². The first-order valence-corrected chi connectivity index (χ1v) is 5.04. The number of hydrogen-bond donors (Lipinski definition) is 1. The van der Waals surface area contributed by atoms with Gasteiger partial charge >= 0.3 is 0 Å². The van der Waals surface area contributed by atoms with Crippen LogP contribution in [0.4, 0.5) is 0 Å². The summed E-state index contributed by atoms with van der Waals surface area (Å²) in [7, 11) is 0. The van der Waals surface area contributed by atoms with Crippen molar-refractivity contribution >= 4 is 17.4 Å². The zero-order valence-corrected chi connectivity index (χ0v) is 8.84. The zero-order valence-electron chi connectivity index (χ0n) is 8.09. The predicted molar refractivity (Wildman–Crippen MR) is 57.0 cm³/mol. The number of halogens is 1. The summed E-state index contributed by atoms with van der Waals surface area (Å²) in [4.78, 5) is 11.6. The van der Waals surface area contributed by atoms with Crippen LogP contribution >= 0.6 is 11.6 Å². The lowest BCUT2D eigenvalue weighted by atomic mass is 10.1. The highest BCUT2D eigenvalue weighted by molar-refractivity contribution is 6.34. The fourth-order valence-corrected chi connectivity index (χ4v) is 1.48. The number of phenolic OH excluding ortho intramolecular Hbond substituents is 1. The molecule has 0 aliphatic heterocycles. The van der Waals surface area contributed by atoms with Crippen LogP contribution < -0.4 is 0 Å². The van der Waals surface area contributed by atoms with E-state index in [1.807, 2.05) is 6.92 Å². The molecule has 14 heavy (non-hydrogen) atoms. The molecule has 0 aliphatic carbocycles. The lowest BCUT2D eigenvalue weighted by molar-refractivity contribution is 0.0980. The Bertz CT molecular complexity index is 334. The standard InChI is InChI=1S/C11H13ClO2/c1-2-3-4-11(14)9-6-5-8(13)7-10(9)12/h5-7,13H,2-4H2,1H3. The first-order valence-electron chi connectivity index (χ1n) is 4.67. The van der Waals surface area contributed by atoms with E-state index in [2.05, 4.69) is 0 Å². The van der Waals surface area contributed by atoms with E-state index in [9.17, 15) is 4.79 Å². The Labute approximate surface area is 88.5 Å². The molecule has 0 saturated heterocycles. The molecule has 0 aromatic heterocycles. The molecule has 2 nitrogen and oxygen atoms in total. The molecular weight excluding hydrogens is 200 g/mol. The van der Waals surface area contributed by atoms with Crippen molar-refractivity contribution in [3.8, 4) is 5.75 Å². The summed E-state index contributed by atoms with van der Waals surface area (Å²) in [5, 5.41) is 9.42. The van der Waals surface area contributed by atoms with Crippen LogP contribution in [0.1, 0.15) is 36.5 Å². The molecule has 1 aromatic carbocycles. The average Bonchev–Trinajstić information content (AvgIpc) is 2.14. The van der Waals surface area contributed by atoms with Crippen LogP contribution in [0.2, 0.25) is 5.02 Å². The summed E-state index contributed by atoms with van der Waals surface area (Å²) in [6, 6.07) is 4.43. The van der Waals surface area contributed by atoms with Gasteiger partial charge in [-0.3, -0.25) is 4.79 Å². The highest BCUT2D eigenvalue weighted by Gasteiger charge is 2.09. The van der Waals surface area contributed by atoms with Gasteiger partial charge in [0.25, 0.3) is 0 Å². The Morgan fingerprint density at radius 3 is 2.79 bits per heavy atom. The van der Waals surface area contributed by atoms with Crippen LogP contribution in [0, 0.1) is 0 Å². The summed E-state index contributed by atoms with van der Waals surface area (Å²) >= 11 is 5.82. The van der Waals surface area contributed by atoms with Crippen molar-refractivity contribution in [1.82, 2.24) is 0 Å². The topological polar surface area (TPSA) is 37.3 Å². The Kier molecular flexibility index (Phi) is 3.96. The van der Waals surface area contributed by atoms with Crippen LogP contribution in [0.25, 0.3) is 0 Å². The number of carbonyl (C=O) groups is 1. The summed E-state index contributed by atoms with van der Waals surface area (Å²) in [5.74, 6) is 0.124. The van der Waals surface area contributed by atoms with E-state index in [1.54, 1.807) is 6.07 Å². The fourth-order valence-electron chi connectivity index (χ4n) is 1.20. The number of unbranched alkanes of at least 4 members (excludes halogenated alkanes) is 1. The third-order valence-electron chi connectivity index (χ3n) is 2.01. The zero-order chi connectivity index (χ0) is 10.6.